The normalized spacial score (nSPS) is 16.6. The lowest BCUT2D eigenvalue weighted by molar-refractivity contribution is 0.0725. The summed E-state index contributed by atoms with van der Waals surface area (Å²) in [6.07, 6.45) is 1.89. The lowest BCUT2D eigenvalue weighted by Gasteiger charge is -2.22. The van der Waals surface area contributed by atoms with Crippen LogP contribution in [0.25, 0.3) is 21.6 Å². The Bertz CT molecular complexity index is 1180. The molecule has 2 aromatic carbocycles. The van der Waals surface area contributed by atoms with E-state index in [1.54, 1.807) is 0 Å². The summed E-state index contributed by atoms with van der Waals surface area (Å²) < 4.78 is 0. The number of nitrogens with one attached hydrogen (secondary N) is 1. The van der Waals surface area contributed by atoms with E-state index in [-0.39, 0.29) is 11.9 Å². The van der Waals surface area contributed by atoms with Crippen LogP contribution < -0.4 is 0 Å². The molecule has 1 aliphatic heterocycles. The van der Waals surface area contributed by atoms with Gasteiger partial charge in [-0.3, -0.25) is 4.79 Å². The van der Waals surface area contributed by atoms with Crippen LogP contribution in [0.3, 0.4) is 0 Å². The molecule has 1 fully saturated rings. The Morgan fingerprint density at radius 2 is 2.03 bits per heavy atom. The molecule has 1 saturated heterocycles. The molecule has 146 valence electrons. The molecular weight excluding hydrogens is 380 g/mol. The Labute approximate surface area is 173 Å². The van der Waals surface area contributed by atoms with E-state index in [1.807, 2.05) is 34.5 Å². The molecule has 0 radical (unpaired) electrons. The van der Waals surface area contributed by atoms with Crippen LogP contribution in [0.1, 0.15) is 46.3 Å². The van der Waals surface area contributed by atoms with E-state index in [0.717, 1.165) is 46.8 Å². The molecule has 0 spiro atoms. The summed E-state index contributed by atoms with van der Waals surface area (Å²) in [7, 11) is 0. The second-order valence-corrected chi connectivity index (χ2v) is 8.51. The van der Waals surface area contributed by atoms with Gasteiger partial charge < -0.3 is 9.88 Å². The van der Waals surface area contributed by atoms with Gasteiger partial charge in [0.15, 0.2) is 0 Å². The summed E-state index contributed by atoms with van der Waals surface area (Å²) in [5.74, 6) is 0.849. The minimum absolute atomic E-state index is 0.0137. The summed E-state index contributed by atoms with van der Waals surface area (Å²) in [5, 5.41) is 2.77. The van der Waals surface area contributed by atoms with Gasteiger partial charge in [-0.15, -0.1) is 11.3 Å². The van der Waals surface area contributed by atoms with E-state index >= 15 is 0 Å². The number of amides is 1. The zero-order valence-electron chi connectivity index (χ0n) is 16.5. The molecule has 1 amide bonds. The number of hydrogen-bond donors (Lipinski definition) is 1. The van der Waals surface area contributed by atoms with Crippen LogP contribution in [-0.2, 0) is 0 Å². The molecule has 1 N–H and O–H groups in total. The second-order valence-electron chi connectivity index (χ2n) is 7.65. The maximum Gasteiger partial charge on any atom is 0.273 e. The van der Waals surface area contributed by atoms with E-state index in [4.69, 9.17) is 4.98 Å². The minimum atomic E-state index is -0.0267. The van der Waals surface area contributed by atoms with Crippen molar-refractivity contribution in [3.05, 3.63) is 70.5 Å². The van der Waals surface area contributed by atoms with Crippen molar-refractivity contribution in [1.82, 2.24) is 19.9 Å². The van der Waals surface area contributed by atoms with Crippen molar-refractivity contribution in [1.29, 1.82) is 0 Å². The van der Waals surface area contributed by atoms with Gasteiger partial charge in [0.25, 0.3) is 5.91 Å². The lowest BCUT2D eigenvalue weighted by atomic mass is 10.1. The molecule has 1 unspecified atom stereocenters. The lowest BCUT2D eigenvalue weighted by Crippen LogP contribution is -2.31. The predicted octanol–water partition coefficient (Wildman–Crippen LogP) is 5.28. The van der Waals surface area contributed by atoms with Crippen LogP contribution in [0, 0.1) is 13.8 Å². The fourth-order valence-corrected chi connectivity index (χ4v) is 5.00. The SMILES string of the molecule is Cc1ccc(-c2nc(C(=O)N3CCCC3c3nc4ccccc4[nH]3)cs2)c(C)c1. The number of para-hydroxylation sites is 2. The second kappa shape index (κ2) is 7.12. The summed E-state index contributed by atoms with van der Waals surface area (Å²) in [5.41, 5.74) is 5.97. The van der Waals surface area contributed by atoms with Crippen molar-refractivity contribution >= 4 is 28.3 Å². The maximum atomic E-state index is 13.3. The summed E-state index contributed by atoms with van der Waals surface area (Å²) in [6, 6.07) is 14.3. The third-order valence-corrected chi connectivity index (χ3v) is 6.45. The molecular formula is C23H22N4OS. The zero-order chi connectivity index (χ0) is 20.0. The molecule has 29 heavy (non-hydrogen) atoms. The van der Waals surface area contributed by atoms with E-state index in [1.165, 1.54) is 22.5 Å². The van der Waals surface area contributed by atoms with Gasteiger partial charge in [0, 0.05) is 17.5 Å². The Morgan fingerprint density at radius 3 is 2.86 bits per heavy atom. The average molecular weight is 403 g/mol. The van der Waals surface area contributed by atoms with Gasteiger partial charge in [-0.25, -0.2) is 9.97 Å². The molecule has 5 rings (SSSR count). The van der Waals surface area contributed by atoms with Crippen molar-refractivity contribution in [2.45, 2.75) is 32.7 Å². The van der Waals surface area contributed by atoms with Crippen molar-refractivity contribution in [3.8, 4) is 10.6 Å². The Balaban J connectivity index is 1.43. The first kappa shape index (κ1) is 18.1. The zero-order valence-corrected chi connectivity index (χ0v) is 17.3. The van der Waals surface area contributed by atoms with Crippen LogP contribution in [0.2, 0.25) is 0 Å². The number of rotatable bonds is 3. The number of hydrogen-bond acceptors (Lipinski definition) is 4. The van der Waals surface area contributed by atoms with Crippen LogP contribution in [0.15, 0.2) is 47.8 Å². The molecule has 5 nitrogen and oxygen atoms in total. The average Bonchev–Trinajstić information content (AvgIpc) is 3.45. The number of carbonyl (C=O) groups excluding carboxylic acids is 1. The first-order valence-electron chi connectivity index (χ1n) is 9.89. The monoisotopic (exact) mass is 402 g/mol. The Morgan fingerprint density at radius 1 is 1.17 bits per heavy atom. The fourth-order valence-electron chi connectivity index (χ4n) is 4.12. The molecule has 6 heteroatoms. The number of carbonyl (C=O) groups is 1. The quantitative estimate of drug-likeness (QED) is 0.507. The van der Waals surface area contributed by atoms with Crippen LogP contribution in [0.4, 0.5) is 0 Å². The van der Waals surface area contributed by atoms with Gasteiger partial charge in [0.1, 0.15) is 16.5 Å². The smallest absolute Gasteiger partial charge is 0.273 e. The molecule has 0 aliphatic carbocycles. The number of aryl methyl sites for hydroxylation is 2. The van der Waals surface area contributed by atoms with Crippen LogP contribution >= 0.6 is 11.3 Å². The number of benzene rings is 2. The van der Waals surface area contributed by atoms with Gasteiger partial charge in [0.2, 0.25) is 0 Å². The first-order valence-corrected chi connectivity index (χ1v) is 10.8. The number of imidazole rings is 1. The van der Waals surface area contributed by atoms with E-state index < -0.39 is 0 Å². The molecule has 3 heterocycles. The number of H-pyrrole nitrogens is 1. The molecule has 0 saturated carbocycles. The molecule has 2 aromatic heterocycles. The number of thiazole rings is 1. The van der Waals surface area contributed by atoms with E-state index in [2.05, 4.69) is 42.0 Å². The van der Waals surface area contributed by atoms with Gasteiger partial charge in [-0.05, 0) is 44.4 Å². The van der Waals surface area contributed by atoms with Gasteiger partial charge >= 0.3 is 0 Å². The largest absolute Gasteiger partial charge is 0.340 e. The van der Waals surface area contributed by atoms with Crippen molar-refractivity contribution < 1.29 is 4.79 Å². The van der Waals surface area contributed by atoms with E-state index in [9.17, 15) is 4.79 Å². The fraction of sp³-hybridized carbons (Fsp3) is 0.261. The van der Waals surface area contributed by atoms with Crippen molar-refractivity contribution in [3.63, 3.8) is 0 Å². The van der Waals surface area contributed by atoms with Crippen LogP contribution in [-0.4, -0.2) is 32.3 Å². The highest BCUT2D eigenvalue weighted by molar-refractivity contribution is 7.13. The Hall–Kier alpha value is -2.99. The number of nitrogens with zero attached hydrogens (tertiary/aromatic N) is 3. The maximum absolute atomic E-state index is 13.3. The van der Waals surface area contributed by atoms with Gasteiger partial charge in [-0.2, -0.15) is 0 Å². The first-order chi connectivity index (χ1) is 14.1. The number of fused-ring (bicyclic) bond motifs is 1. The highest BCUT2D eigenvalue weighted by Crippen LogP contribution is 2.34. The van der Waals surface area contributed by atoms with Gasteiger partial charge in [-0.1, -0.05) is 35.9 Å². The molecule has 1 aliphatic rings. The topological polar surface area (TPSA) is 61.9 Å². The summed E-state index contributed by atoms with van der Waals surface area (Å²) in [4.78, 5) is 28.0. The number of aromatic amines is 1. The minimum Gasteiger partial charge on any atom is -0.340 e. The number of aromatic nitrogens is 3. The third-order valence-electron chi connectivity index (χ3n) is 5.57. The standard InChI is InChI=1S/C23H22N4OS/c1-14-9-10-16(15(2)12-14)22-26-19(13-29-22)23(28)27-11-5-8-20(27)21-24-17-6-3-4-7-18(17)25-21/h3-4,6-7,9-10,12-13,20H,5,8,11H2,1-2H3,(H,24,25). The van der Waals surface area contributed by atoms with Crippen molar-refractivity contribution in [2.75, 3.05) is 6.54 Å². The Kier molecular flexibility index (Phi) is 4.43. The molecule has 0 bridgehead atoms. The highest BCUT2D eigenvalue weighted by Gasteiger charge is 2.33. The molecule has 1 atom stereocenters. The molecule has 4 aromatic rings. The summed E-state index contributed by atoms with van der Waals surface area (Å²) >= 11 is 1.53. The summed E-state index contributed by atoms with van der Waals surface area (Å²) in [6.45, 7) is 4.90. The number of likely N-dealkylation sites (tertiary alicyclic amines) is 1. The highest BCUT2D eigenvalue weighted by atomic mass is 32.1. The predicted molar refractivity (Wildman–Crippen MR) is 116 cm³/mol. The van der Waals surface area contributed by atoms with Crippen molar-refractivity contribution in [2.24, 2.45) is 0 Å². The third kappa shape index (κ3) is 3.23. The van der Waals surface area contributed by atoms with E-state index in [0.29, 0.717) is 5.69 Å². The van der Waals surface area contributed by atoms with Crippen LogP contribution in [0.5, 0.6) is 0 Å². The van der Waals surface area contributed by atoms with Gasteiger partial charge in [0.05, 0.1) is 17.1 Å².